The number of alkyl carbamates (subject to hydrolysis) is 1. The molecule has 1 amide bonds. The van der Waals surface area contributed by atoms with Crippen LogP contribution in [0.2, 0.25) is 0 Å². The van der Waals surface area contributed by atoms with Crippen LogP contribution in [-0.2, 0) is 33.3 Å². The molecule has 0 bridgehead atoms. The number of nitrogens with zero attached hydrogens (tertiary/aromatic N) is 1. The van der Waals surface area contributed by atoms with E-state index in [0.717, 1.165) is 38.5 Å². The second-order valence-electron chi connectivity index (χ2n) is 14.2. The number of hydrogen-bond donors (Lipinski definition) is 3. The number of guanidine groups is 1. The zero-order valence-electron chi connectivity index (χ0n) is 32.2. The Labute approximate surface area is 302 Å². The number of nitrogens with two attached hydrogens (primary N) is 2. The molecule has 0 heterocycles. The molecule has 0 aromatic carbocycles. The van der Waals surface area contributed by atoms with E-state index in [4.69, 9.17) is 30.4 Å². The lowest BCUT2D eigenvalue weighted by atomic mass is 10.1. The summed E-state index contributed by atoms with van der Waals surface area (Å²) >= 11 is 0. The summed E-state index contributed by atoms with van der Waals surface area (Å²) in [4.78, 5) is 54.8. The lowest BCUT2D eigenvalue weighted by Crippen LogP contribution is -2.45. The SMILES string of the molecule is CCCCCCCCCCCC(=O)OC[C@H](COC(=O)[C@H](CCCN=C(N)N)NC(=O)OC(C)(C)C)OC(=O)CCCCCCCCCCC. The Bertz CT molecular complexity index is 934. The summed E-state index contributed by atoms with van der Waals surface area (Å²) in [6.07, 6.45) is 19.5. The van der Waals surface area contributed by atoms with Gasteiger partial charge in [-0.3, -0.25) is 14.6 Å². The van der Waals surface area contributed by atoms with Gasteiger partial charge in [0, 0.05) is 19.4 Å². The number of esters is 3. The monoisotopic (exact) mass is 713 g/mol. The highest BCUT2D eigenvalue weighted by molar-refractivity contribution is 5.81. The normalized spacial score (nSPS) is 12.4. The van der Waals surface area contributed by atoms with E-state index in [1.807, 2.05) is 0 Å². The summed E-state index contributed by atoms with van der Waals surface area (Å²) in [5, 5.41) is 2.55. The van der Waals surface area contributed by atoms with Gasteiger partial charge in [-0.25, -0.2) is 9.59 Å². The number of hydrogen-bond acceptors (Lipinski definition) is 9. The molecule has 2 atom stereocenters. The number of rotatable bonds is 31. The van der Waals surface area contributed by atoms with Gasteiger partial charge in [-0.1, -0.05) is 117 Å². The number of ether oxygens (including phenoxy) is 4. The summed E-state index contributed by atoms with van der Waals surface area (Å²) in [6, 6.07) is -1.06. The van der Waals surface area contributed by atoms with Gasteiger partial charge in [0.1, 0.15) is 24.9 Å². The molecule has 0 radical (unpaired) electrons. The number of aliphatic imine (C=N–C) groups is 1. The Balaban J connectivity index is 5.09. The van der Waals surface area contributed by atoms with Gasteiger partial charge in [-0.05, 0) is 46.5 Å². The molecular formula is C38H72N4O8. The van der Waals surface area contributed by atoms with E-state index >= 15 is 0 Å². The van der Waals surface area contributed by atoms with Gasteiger partial charge in [0.15, 0.2) is 12.1 Å². The summed E-state index contributed by atoms with van der Waals surface area (Å²) < 4.78 is 21.9. The van der Waals surface area contributed by atoms with Gasteiger partial charge in [0.2, 0.25) is 0 Å². The molecular weight excluding hydrogens is 640 g/mol. The fourth-order valence-electron chi connectivity index (χ4n) is 5.26. The van der Waals surface area contributed by atoms with Crippen LogP contribution in [0.1, 0.15) is 176 Å². The topological polar surface area (TPSA) is 182 Å². The third-order valence-electron chi connectivity index (χ3n) is 8.03. The molecule has 0 rings (SSSR count). The zero-order valence-corrected chi connectivity index (χ0v) is 32.2. The van der Waals surface area contributed by atoms with Gasteiger partial charge >= 0.3 is 24.0 Å². The molecule has 50 heavy (non-hydrogen) atoms. The molecule has 0 aliphatic heterocycles. The largest absolute Gasteiger partial charge is 0.462 e. The van der Waals surface area contributed by atoms with Crippen molar-refractivity contribution in [2.24, 2.45) is 16.5 Å². The Kier molecular flexibility index (Phi) is 28.9. The van der Waals surface area contributed by atoms with Crippen LogP contribution in [0.15, 0.2) is 4.99 Å². The molecule has 0 saturated heterocycles. The highest BCUT2D eigenvalue weighted by Gasteiger charge is 2.27. The van der Waals surface area contributed by atoms with Crippen LogP contribution in [0.4, 0.5) is 4.79 Å². The Morgan fingerprint density at radius 2 is 1.10 bits per heavy atom. The predicted molar refractivity (Wildman–Crippen MR) is 199 cm³/mol. The first-order chi connectivity index (χ1) is 23.9. The smallest absolute Gasteiger partial charge is 0.408 e. The van der Waals surface area contributed by atoms with E-state index in [9.17, 15) is 19.2 Å². The molecule has 0 saturated carbocycles. The van der Waals surface area contributed by atoms with E-state index in [1.54, 1.807) is 20.8 Å². The van der Waals surface area contributed by atoms with Gasteiger partial charge in [-0.2, -0.15) is 0 Å². The van der Waals surface area contributed by atoms with Crippen molar-refractivity contribution in [2.45, 2.75) is 194 Å². The molecule has 292 valence electrons. The lowest BCUT2D eigenvalue weighted by molar-refractivity contribution is -0.167. The number of unbranched alkanes of at least 4 members (excludes halogenated alkanes) is 16. The van der Waals surface area contributed by atoms with Gasteiger partial charge < -0.3 is 35.7 Å². The quantitative estimate of drug-likeness (QED) is 0.0211. The first kappa shape index (κ1) is 47.0. The molecule has 0 unspecified atom stereocenters. The van der Waals surface area contributed by atoms with Crippen molar-refractivity contribution >= 4 is 30.0 Å². The number of carbonyl (C=O) groups is 4. The van der Waals surface area contributed by atoms with Gasteiger partial charge in [0.05, 0.1) is 0 Å². The maximum absolute atomic E-state index is 13.1. The second kappa shape index (κ2) is 30.7. The molecule has 12 heteroatoms. The van der Waals surface area contributed by atoms with E-state index in [0.29, 0.717) is 12.8 Å². The fraction of sp³-hybridized carbons (Fsp3) is 0.868. The average molecular weight is 713 g/mol. The standard InChI is InChI=1S/C38H72N4O8/c1-6-8-10-12-14-16-18-20-22-26-33(43)47-29-31(49-34(44)27-23-21-19-17-15-13-11-9-7-2)30-48-35(45)32(25-24-28-41-36(39)40)42-37(46)50-38(3,4)5/h31-32H,6-30H2,1-5H3,(H,42,46)(H4,39,40,41)/t31-,32+/m1/s1. The summed E-state index contributed by atoms with van der Waals surface area (Å²) in [6.45, 7) is 9.22. The molecule has 0 fully saturated rings. The van der Waals surface area contributed by atoms with Crippen LogP contribution >= 0.6 is 0 Å². The molecule has 0 aromatic heterocycles. The third kappa shape index (κ3) is 31.0. The molecule has 5 N–H and O–H groups in total. The van der Waals surface area contributed by atoms with Crippen molar-refractivity contribution < 1.29 is 38.1 Å². The predicted octanol–water partition coefficient (Wildman–Crippen LogP) is 7.77. The third-order valence-corrected chi connectivity index (χ3v) is 8.03. The van der Waals surface area contributed by atoms with Gasteiger partial charge in [0.25, 0.3) is 0 Å². The molecule has 0 aliphatic carbocycles. The van der Waals surface area contributed by atoms with Crippen LogP contribution in [-0.4, -0.2) is 67.5 Å². The molecule has 0 aliphatic rings. The van der Waals surface area contributed by atoms with Gasteiger partial charge in [-0.15, -0.1) is 0 Å². The first-order valence-corrected chi connectivity index (χ1v) is 19.4. The minimum atomic E-state index is -1.06. The van der Waals surface area contributed by atoms with Crippen molar-refractivity contribution in [2.75, 3.05) is 19.8 Å². The highest BCUT2D eigenvalue weighted by Crippen LogP contribution is 2.14. The second-order valence-corrected chi connectivity index (χ2v) is 14.2. The van der Waals surface area contributed by atoms with Crippen LogP contribution in [0.25, 0.3) is 0 Å². The summed E-state index contributed by atoms with van der Waals surface area (Å²) in [7, 11) is 0. The minimum absolute atomic E-state index is 0.0800. The van der Waals surface area contributed by atoms with Crippen LogP contribution in [0, 0.1) is 0 Å². The van der Waals surface area contributed by atoms with Crippen molar-refractivity contribution in [1.82, 2.24) is 5.32 Å². The maximum Gasteiger partial charge on any atom is 0.408 e. The molecule has 0 aromatic rings. The van der Waals surface area contributed by atoms with Crippen molar-refractivity contribution in [1.29, 1.82) is 0 Å². The van der Waals surface area contributed by atoms with E-state index in [1.165, 1.54) is 70.6 Å². The van der Waals surface area contributed by atoms with Crippen molar-refractivity contribution in [3.8, 4) is 0 Å². The number of amides is 1. The highest BCUT2D eigenvalue weighted by atomic mass is 16.6. The van der Waals surface area contributed by atoms with Crippen LogP contribution in [0.3, 0.4) is 0 Å². The number of carbonyl (C=O) groups excluding carboxylic acids is 4. The first-order valence-electron chi connectivity index (χ1n) is 19.4. The Hall–Kier alpha value is -3.05. The minimum Gasteiger partial charge on any atom is -0.462 e. The fourth-order valence-corrected chi connectivity index (χ4v) is 5.26. The van der Waals surface area contributed by atoms with Crippen LogP contribution in [0.5, 0.6) is 0 Å². The summed E-state index contributed by atoms with van der Waals surface area (Å²) in [5.41, 5.74) is 10.0. The van der Waals surface area contributed by atoms with E-state index in [-0.39, 0.29) is 50.9 Å². The summed E-state index contributed by atoms with van der Waals surface area (Å²) in [5.74, 6) is -1.65. The zero-order chi connectivity index (χ0) is 37.5. The lowest BCUT2D eigenvalue weighted by Gasteiger charge is -2.24. The van der Waals surface area contributed by atoms with E-state index in [2.05, 4.69) is 24.2 Å². The van der Waals surface area contributed by atoms with Crippen LogP contribution < -0.4 is 16.8 Å². The number of nitrogens with one attached hydrogen (secondary N) is 1. The Morgan fingerprint density at radius 1 is 0.640 bits per heavy atom. The van der Waals surface area contributed by atoms with E-state index < -0.39 is 35.8 Å². The Morgan fingerprint density at radius 3 is 1.58 bits per heavy atom. The maximum atomic E-state index is 13.1. The average Bonchev–Trinajstić information content (AvgIpc) is 3.04. The van der Waals surface area contributed by atoms with Crippen molar-refractivity contribution in [3.63, 3.8) is 0 Å². The molecule has 0 spiro atoms. The molecule has 12 nitrogen and oxygen atoms in total. The van der Waals surface area contributed by atoms with Crippen molar-refractivity contribution in [3.05, 3.63) is 0 Å².